The van der Waals surface area contributed by atoms with E-state index in [2.05, 4.69) is 14.7 Å². The highest BCUT2D eigenvalue weighted by atomic mass is 32.2. The predicted molar refractivity (Wildman–Crippen MR) is 74.9 cm³/mol. The fourth-order valence-electron chi connectivity index (χ4n) is 1.37. The molecule has 1 N–H and O–H groups in total. The van der Waals surface area contributed by atoms with Crippen LogP contribution in [-0.2, 0) is 6.42 Å². The smallest absolute Gasteiger partial charge is 0.170 e. The van der Waals surface area contributed by atoms with E-state index < -0.39 is 0 Å². The number of nitrogens with one attached hydrogen (secondary N) is 1. The molecule has 1 heterocycles. The molecule has 0 aliphatic rings. The van der Waals surface area contributed by atoms with Gasteiger partial charge in [-0.1, -0.05) is 24.8 Å². The molecule has 0 spiro atoms. The molecule has 3 nitrogen and oxygen atoms in total. The van der Waals surface area contributed by atoms with Gasteiger partial charge >= 0.3 is 0 Å². The Morgan fingerprint density at radius 3 is 3.06 bits per heavy atom. The Labute approximate surface area is 114 Å². The van der Waals surface area contributed by atoms with Crippen LogP contribution in [0, 0.1) is 5.82 Å². The van der Waals surface area contributed by atoms with Gasteiger partial charge in [-0.2, -0.15) is 4.37 Å². The van der Waals surface area contributed by atoms with Crippen molar-refractivity contribution in [3.63, 3.8) is 0 Å². The summed E-state index contributed by atoms with van der Waals surface area (Å²) in [6, 6.07) is 6.48. The number of rotatable bonds is 6. The van der Waals surface area contributed by atoms with Crippen molar-refractivity contribution in [2.75, 3.05) is 17.6 Å². The molecule has 6 heteroatoms. The average Bonchev–Trinajstić information content (AvgIpc) is 2.83. The number of aromatic nitrogens is 2. The maximum Gasteiger partial charge on any atom is 0.170 e. The predicted octanol–water partition coefficient (Wildman–Crippen LogP) is 3.44. The fourth-order valence-corrected chi connectivity index (χ4v) is 2.99. The van der Waals surface area contributed by atoms with Gasteiger partial charge in [0.2, 0.25) is 0 Å². The van der Waals surface area contributed by atoms with E-state index >= 15 is 0 Å². The average molecular weight is 283 g/mol. The molecule has 0 saturated heterocycles. The van der Waals surface area contributed by atoms with Gasteiger partial charge in [0.1, 0.15) is 11.6 Å². The lowest BCUT2D eigenvalue weighted by molar-refractivity contribution is 0.628. The first-order valence-corrected chi connectivity index (χ1v) is 7.48. The van der Waals surface area contributed by atoms with Crippen molar-refractivity contribution in [3.8, 4) is 0 Å². The van der Waals surface area contributed by atoms with Crippen molar-refractivity contribution in [1.29, 1.82) is 0 Å². The number of hydrogen-bond acceptors (Lipinski definition) is 5. The quantitative estimate of drug-likeness (QED) is 0.651. The van der Waals surface area contributed by atoms with Crippen LogP contribution >= 0.6 is 23.3 Å². The highest BCUT2D eigenvalue weighted by Gasteiger charge is 2.02. The van der Waals surface area contributed by atoms with Crippen LogP contribution in [0.25, 0.3) is 0 Å². The van der Waals surface area contributed by atoms with E-state index in [-0.39, 0.29) is 5.82 Å². The molecule has 0 radical (unpaired) electrons. The Bertz CT molecular complexity index is 502. The summed E-state index contributed by atoms with van der Waals surface area (Å²) in [4.78, 5) is 4.37. The van der Waals surface area contributed by atoms with E-state index in [9.17, 15) is 4.39 Å². The van der Waals surface area contributed by atoms with Crippen molar-refractivity contribution >= 4 is 29.0 Å². The Morgan fingerprint density at radius 2 is 2.33 bits per heavy atom. The van der Waals surface area contributed by atoms with Crippen molar-refractivity contribution in [2.24, 2.45) is 0 Å². The van der Waals surface area contributed by atoms with Crippen LogP contribution in [0.3, 0.4) is 0 Å². The lowest BCUT2D eigenvalue weighted by Gasteiger charge is -2.04. The molecule has 0 amide bonds. The van der Waals surface area contributed by atoms with Crippen molar-refractivity contribution < 1.29 is 4.39 Å². The monoisotopic (exact) mass is 283 g/mol. The minimum atomic E-state index is -0.218. The molecule has 96 valence electrons. The number of halogens is 1. The summed E-state index contributed by atoms with van der Waals surface area (Å²) in [6.07, 6.45) is 0.874. The van der Waals surface area contributed by atoms with E-state index in [4.69, 9.17) is 0 Å². The van der Waals surface area contributed by atoms with E-state index in [1.54, 1.807) is 17.8 Å². The second kappa shape index (κ2) is 6.70. The molecule has 0 unspecified atom stereocenters. The SMILES string of the molecule is CCc1nsc(SCCNc2cccc(F)c2)n1. The number of anilines is 1. The first-order chi connectivity index (χ1) is 8.78. The third kappa shape index (κ3) is 3.96. The standard InChI is InChI=1S/C12H14FN3S2/c1-2-11-15-12(18-16-11)17-7-6-14-10-5-3-4-9(13)8-10/h3-5,8,14H,2,6-7H2,1H3. The van der Waals surface area contributed by atoms with E-state index in [1.165, 1.54) is 23.7 Å². The molecule has 0 aliphatic heterocycles. The molecular formula is C12H14FN3S2. The van der Waals surface area contributed by atoms with Crippen molar-refractivity contribution in [3.05, 3.63) is 35.9 Å². The molecule has 18 heavy (non-hydrogen) atoms. The minimum absolute atomic E-state index is 0.218. The van der Waals surface area contributed by atoms with Crippen LogP contribution in [0.5, 0.6) is 0 Å². The van der Waals surface area contributed by atoms with Gasteiger partial charge in [-0.05, 0) is 29.7 Å². The van der Waals surface area contributed by atoms with E-state index in [1.807, 2.05) is 13.0 Å². The molecule has 0 atom stereocenters. The second-order valence-corrected chi connectivity index (χ2v) is 5.71. The topological polar surface area (TPSA) is 37.8 Å². The summed E-state index contributed by atoms with van der Waals surface area (Å²) in [5.41, 5.74) is 0.808. The minimum Gasteiger partial charge on any atom is -0.384 e. The summed E-state index contributed by atoms with van der Waals surface area (Å²) in [7, 11) is 0. The molecule has 0 saturated carbocycles. The highest BCUT2D eigenvalue weighted by molar-refractivity contribution is 8.00. The van der Waals surface area contributed by atoms with Crippen LogP contribution in [0.2, 0.25) is 0 Å². The lowest BCUT2D eigenvalue weighted by atomic mass is 10.3. The summed E-state index contributed by atoms with van der Waals surface area (Å²) in [5, 5.41) is 3.17. The molecule has 0 aliphatic carbocycles. The van der Waals surface area contributed by atoms with Gasteiger partial charge in [-0.15, -0.1) is 0 Å². The zero-order chi connectivity index (χ0) is 12.8. The van der Waals surface area contributed by atoms with Crippen LogP contribution in [0.1, 0.15) is 12.7 Å². The van der Waals surface area contributed by atoms with Gasteiger partial charge in [-0.25, -0.2) is 9.37 Å². The second-order valence-electron chi connectivity index (χ2n) is 3.62. The van der Waals surface area contributed by atoms with Gasteiger partial charge in [0, 0.05) is 24.4 Å². The van der Waals surface area contributed by atoms with Crippen molar-refractivity contribution in [1.82, 2.24) is 9.36 Å². The normalized spacial score (nSPS) is 10.6. The van der Waals surface area contributed by atoms with Gasteiger partial charge in [0.05, 0.1) is 0 Å². The Balaban J connectivity index is 1.72. The number of nitrogens with zero attached hydrogens (tertiary/aromatic N) is 2. The third-order valence-electron chi connectivity index (χ3n) is 2.25. The summed E-state index contributed by atoms with van der Waals surface area (Å²) < 4.78 is 18.1. The zero-order valence-corrected chi connectivity index (χ0v) is 11.7. The van der Waals surface area contributed by atoms with Gasteiger partial charge in [-0.3, -0.25) is 0 Å². The lowest BCUT2D eigenvalue weighted by Crippen LogP contribution is -2.03. The number of thioether (sulfide) groups is 1. The van der Waals surface area contributed by atoms with Crippen LogP contribution in [0.15, 0.2) is 28.6 Å². The highest BCUT2D eigenvalue weighted by Crippen LogP contribution is 2.20. The largest absolute Gasteiger partial charge is 0.384 e. The fraction of sp³-hybridized carbons (Fsp3) is 0.333. The number of benzene rings is 1. The third-order valence-corrected chi connectivity index (χ3v) is 4.12. The van der Waals surface area contributed by atoms with Gasteiger partial charge in [0.15, 0.2) is 4.34 Å². The maximum absolute atomic E-state index is 12.9. The number of hydrogen-bond donors (Lipinski definition) is 1. The Kier molecular flexibility index (Phi) is 4.95. The molecular weight excluding hydrogens is 269 g/mol. The van der Waals surface area contributed by atoms with Crippen molar-refractivity contribution in [2.45, 2.75) is 17.7 Å². The Hall–Kier alpha value is -1.14. The molecule has 1 aromatic carbocycles. The molecule has 0 fully saturated rings. The summed E-state index contributed by atoms with van der Waals surface area (Å²) in [6.45, 7) is 2.82. The summed E-state index contributed by atoms with van der Waals surface area (Å²) >= 11 is 3.11. The molecule has 2 aromatic rings. The Morgan fingerprint density at radius 1 is 1.44 bits per heavy atom. The first-order valence-electron chi connectivity index (χ1n) is 5.72. The van der Waals surface area contributed by atoms with Gasteiger partial charge < -0.3 is 5.32 Å². The first kappa shape index (κ1) is 13.3. The molecule has 1 aromatic heterocycles. The zero-order valence-electron chi connectivity index (χ0n) is 10.0. The molecule has 2 rings (SSSR count). The molecule has 0 bridgehead atoms. The van der Waals surface area contributed by atoms with E-state index in [0.717, 1.165) is 34.6 Å². The maximum atomic E-state index is 12.9. The van der Waals surface area contributed by atoms with Gasteiger partial charge in [0.25, 0.3) is 0 Å². The summed E-state index contributed by atoms with van der Waals surface area (Å²) in [5.74, 6) is 1.57. The van der Waals surface area contributed by atoms with Crippen LogP contribution in [0.4, 0.5) is 10.1 Å². The van der Waals surface area contributed by atoms with E-state index in [0.29, 0.717) is 0 Å². The van der Waals surface area contributed by atoms with Crippen LogP contribution < -0.4 is 5.32 Å². The van der Waals surface area contributed by atoms with Crippen LogP contribution in [-0.4, -0.2) is 21.7 Å². The number of aryl methyl sites for hydroxylation is 1.